The average Bonchev–Trinajstić information content (AvgIpc) is 2.54. The Morgan fingerprint density at radius 1 is 1.17 bits per heavy atom. The van der Waals surface area contributed by atoms with Crippen molar-refractivity contribution in [1.29, 1.82) is 0 Å². The number of nitrogens with zero attached hydrogens (tertiary/aromatic N) is 2. The molecule has 0 spiro atoms. The SMILES string of the molecule is CCOc1ncc(C#Cc2ccc([C@H](C)NC(C)=O)cc2)cn1. The van der Waals surface area contributed by atoms with Gasteiger partial charge in [-0.15, -0.1) is 0 Å². The van der Waals surface area contributed by atoms with E-state index in [1.807, 2.05) is 38.1 Å². The fraction of sp³-hybridized carbons (Fsp3) is 0.278. The van der Waals surface area contributed by atoms with Crippen LogP contribution in [0.1, 0.15) is 43.5 Å². The minimum atomic E-state index is -0.0446. The molecule has 0 bridgehead atoms. The van der Waals surface area contributed by atoms with Gasteiger partial charge in [0.05, 0.1) is 18.2 Å². The van der Waals surface area contributed by atoms with Gasteiger partial charge >= 0.3 is 6.01 Å². The third-order valence-electron chi connectivity index (χ3n) is 3.08. The van der Waals surface area contributed by atoms with Gasteiger partial charge in [-0.05, 0) is 31.5 Å². The Bertz CT molecular complexity index is 713. The number of hydrogen-bond acceptors (Lipinski definition) is 4. The van der Waals surface area contributed by atoms with E-state index in [9.17, 15) is 4.79 Å². The summed E-state index contributed by atoms with van der Waals surface area (Å²) in [4.78, 5) is 19.2. The molecular weight excluding hydrogens is 290 g/mol. The summed E-state index contributed by atoms with van der Waals surface area (Å²) < 4.78 is 5.19. The predicted octanol–water partition coefficient (Wildman–Crippen LogP) is 2.47. The molecule has 1 amide bonds. The lowest BCUT2D eigenvalue weighted by Gasteiger charge is -2.12. The largest absolute Gasteiger partial charge is 0.464 e. The molecule has 1 aromatic carbocycles. The monoisotopic (exact) mass is 309 g/mol. The van der Waals surface area contributed by atoms with Crippen LogP contribution in [0.25, 0.3) is 0 Å². The maximum Gasteiger partial charge on any atom is 0.316 e. The summed E-state index contributed by atoms with van der Waals surface area (Å²) in [5.74, 6) is 6.03. The van der Waals surface area contributed by atoms with Crippen LogP contribution in [0, 0.1) is 11.8 Å². The second-order valence-corrected chi connectivity index (χ2v) is 4.98. The molecule has 5 heteroatoms. The Hall–Kier alpha value is -2.87. The highest BCUT2D eigenvalue weighted by atomic mass is 16.5. The zero-order chi connectivity index (χ0) is 16.7. The summed E-state index contributed by atoms with van der Waals surface area (Å²) in [6.07, 6.45) is 3.27. The van der Waals surface area contributed by atoms with E-state index in [-0.39, 0.29) is 11.9 Å². The minimum Gasteiger partial charge on any atom is -0.464 e. The van der Waals surface area contributed by atoms with Crippen molar-refractivity contribution in [3.8, 4) is 17.9 Å². The van der Waals surface area contributed by atoms with Gasteiger partial charge in [0.15, 0.2) is 0 Å². The van der Waals surface area contributed by atoms with E-state index in [4.69, 9.17) is 4.74 Å². The smallest absolute Gasteiger partial charge is 0.316 e. The highest BCUT2D eigenvalue weighted by molar-refractivity contribution is 5.73. The van der Waals surface area contributed by atoms with Gasteiger partial charge in [-0.3, -0.25) is 4.79 Å². The van der Waals surface area contributed by atoms with Gasteiger partial charge in [-0.25, -0.2) is 9.97 Å². The molecule has 0 saturated heterocycles. The highest BCUT2D eigenvalue weighted by Crippen LogP contribution is 2.13. The van der Waals surface area contributed by atoms with Crippen LogP contribution in [0.2, 0.25) is 0 Å². The molecule has 1 atom stereocenters. The van der Waals surface area contributed by atoms with Crippen molar-refractivity contribution >= 4 is 5.91 Å². The number of ether oxygens (including phenoxy) is 1. The molecule has 2 rings (SSSR count). The third-order valence-corrected chi connectivity index (χ3v) is 3.08. The molecule has 0 fully saturated rings. The Labute approximate surface area is 136 Å². The predicted molar refractivity (Wildman–Crippen MR) is 87.9 cm³/mol. The van der Waals surface area contributed by atoms with E-state index in [0.29, 0.717) is 12.6 Å². The molecule has 1 N–H and O–H groups in total. The summed E-state index contributed by atoms with van der Waals surface area (Å²) in [5.41, 5.74) is 2.65. The fourth-order valence-corrected chi connectivity index (χ4v) is 1.97. The number of amides is 1. The molecular formula is C18H19N3O2. The van der Waals surface area contributed by atoms with Crippen molar-refractivity contribution in [2.24, 2.45) is 0 Å². The van der Waals surface area contributed by atoms with E-state index in [2.05, 4.69) is 27.1 Å². The Morgan fingerprint density at radius 3 is 2.35 bits per heavy atom. The number of aromatic nitrogens is 2. The molecule has 0 unspecified atom stereocenters. The second-order valence-electron chi connectivity index (χ2n) is 4.98. The molecule has 118 valence electrons. The van der Waals surface area contributed by atoms with Crippen LogP contribution in [-0.4, -0.2) is 22.5 Å². The maximum atomic E-state index is 11.1. The van der Waals surface area contributed by atoms with E-state index in [1.165, 1.54) is 6.92 Å². The van der Waals surface area contributed by atoms with Gasteiger partial charge in [0.2, 0.25) is 5.91 Å². The van der Waals surface area contributed by atoms with Crippen LogP contribution in [0.15, 0.2) is 36.7 Å². The van der Waals surface area contributed by atoms with Crippen molar-refractivity contribution < 1.29 is 9.53 Å². The molecule has 0 aliphatic heterocycles. The van der Waals surface area contributed by atoms with Gasteiger partial charge in [0, 0.05) is 24.9 Å². The first-order valence-electron chi connectivity index (χ1n) is 7.42. The quantitative estimate of drug-likeness (QED) is 0.881. The van der Waals surface area contributed by atoms with Crippen molar-refractivity contribution in [1.82, 2.24) is 15.3 Å². The molecule has 23 heavy (non-hydrogen) atoms. The van der Waals surface area contributed by atoms with Crippen LogP contribution in [0.5, 0.6) is 6.01 Å². The summed E-state index contributed by atoms with van der Waals surface area (Å²) in [6, 6.07) is 8.11. The van der Waals surface area contributed by atoms with Crippen LogP contribution >= 0.6 is 0 Å². The highest BCUT2D eigenvalue weighted by Gasteiger charge is 2.05. The Morgan fingerprint density at radius 2 is 1.78 bits per heavy atom. The summed E-state index contributed by atoms with van der Waals surface area (Å²) in [7, 11) is 0. The van der Waals surface area contributed by atoms with Gasteiger partial charge in [0.25, 0.3) is 0 Å². The van der Waals surface area contributed by atoms with Gasteiger partial charge in [-0.1, -0.05) is 24.0 Å². The number of carbonyl (C=O) groups is 1. The number of nitrogens with one attached hydrogen (secondary N) is 1. The lowest BCUT2D eigenvalue weighted by atomic mass is 10.1. The first kappa shape index (κ1) is 16.5. The molecule has 5 nitrogen and oxygen atoms in total. The van der Waals surface area contributed by atoms with Crippen molar-refractivity contribution in [2.75, 3.05) is 6.61 Å². The number of hydrogen-bond donors (Lipinski definition) is 1. The molecule has 1 aromatic heterocycles. The topological polar surface area (TPSA) is 64.1 Å². The van der Waals surface area contributed by atoms with Crippen molar-refractivity contribution in [2.45, 2.75) is 26.8 Å². The second kappa shape index (κ2) is 7.95. The summed E-state index contributed by atoms with van der Waals surface area (Å²) in [6.45, 7) is 5.87. The van der Waals surface area contributed by atoms with E-state index in [1.54, 1.807) is 12.4 Å². The zero-order valence-electron chi connectivity index (χ0n) is 13.5. The molecule has 0 aliphatic carbocycles. The maximum absolute atomic E-state index is 11.1. The third kappa shape index (κ3) is 5.11. The van der Waals surface area contributed by atoms with Crippen LogP contribution < -0.4 is 10.1 Å². The van der Waals surface area contributed by atoms with E-state index >= 15 is 0 Å². The van der Waals surface area contributed by atoms with Gasteiger partial charge < -0.3 is 10.1 Å². The number of rotatable bonds is 4. The average molecular weight is 309 g/mol. The number of carbonyl (C=O) groups excluding carboxylic acids is 1. The Balaban J connectivity index is 2.05. The first-order chi connectivity index (χ1) is 11.1. The van der Waals surface area contributed by atoms with Gasteiger partial charge in [0.1, 0.15) is 0 Å². The lowest BCUT2D eigenvalue weighted by Crippen LogP contribution is -2.23. The minimum absolute atomic E-state index is 0.0194. The fourth-order valence-electron chi connectivity index (χ4n) is 1.97. The standard InChI is InChI=1S/C18H19N3O2/c1-4-23-18-19-11-16(12-20-18)6-5-15-7-9-17(10-8-15)13(2)21-14(3)22/h7-13H,4H2,1-3H3,(H,21,22)/t13-/m0/s1. The molecule has 2 aromatic rings. The van der Waals surface area contributed by atoms with Crippen LogP contribution in [-0.2, 0) is 4.79 Å². The normalized spacial score (nSPS) is 11.1. The molecule has 0 aliphatic rings. The van der Waals surface area contributed by atoms with E-state index in [0.717, 1.165) is 16.7 Å². The summed E-state index contributed by atoms with van der Waals surface area (Å²) >= 11 is 0. The van der Waals surface area contributed by atoms with E-state index < -0.39 is 0 Å². The Kier molecular flexibility index (Phi) is 5.70. The van der Waals surface area contributed by atoms with Gasteiger partial charge in [-0.2, -0.15) is 0 Å². The number of benzene rings is 1. The molecule has 0 saturated carbocycles. The van der Waals surface area contributed by atoms with Crippen molar-refractivity contribution in [3.05, 3.63) is 53.3 Å². The summed E-state index contributed by atoms with van der Waals surface area (Å²) in [5, 5.41) is 2.85. The lowest BCUT2D eigenvalue weighted by molar-refractivity contribution is -0.119. The zero-order valence-corrected chi connectivity index (χ0v) is 13.5. The first-order valence-corrected chi connectivity index (χ1v) is 7.42. The molecule has 0 radical (unpaired) electrons. The molecule has 1 heterocycles. The van der Waals surface area contributed by atoms with Crippen LogP contribution in [0.4, 0.5) is 0 Å². The van der Waals surface area contributed by atoms with Crippen LogP contribution in [0.3, 0.4) is 0 Å². The van der Waals surface area contributed by atoms with Crippen molar-refractivity contribution in [3.63, 3.8) is 0 Å².